The zero-order valence-electron chi connectivity index (χ0n) is 10.6. The summed E-state index contributed by atoms with van der Waals surface area (Å²) < 4.78 is 5.03. The van der Waals surface area contributed by atoms with Gasteiger partial charge in [-0.3, -0.25) is 10.1 Å². The van der Waals surface area contributed by atoms with Crippen LogP contribution in [0.3, 0.4) is 0 Å². The van der Waals surface area contributed by atoms with E-state index in [1.807, 2.05) is 31.2 Å². The number of aryl methyl sites for hydroxylation is 1. The SMILES string of the molecule is COSc1cccc(-c2ccc([N+](=O)[O-])cc2C)c1. The van der Waals surface area contributed by atoms with Crippen molar-refractivity contribution in [2.45, 2.75) is 11.8 Å². The lowest BCUT2D eigenvalue weighted by atomic mass is 10.0. The highest BCUT2D eigenvalue weighted by Crippen LogP contribution is 2.29. The van der Waals surface area contributed by atoms with E-state index in [4.69, 9.17) is 4.18 Å². The minimum absolute atomic E-state index is 0.115. The molecule has 0 atom stereocenters. The van der Waals surface area contributed by atoms with Crippen LogP contribution in [-0.4, -0.2) is 12.0 Å². The standard InChI is InChI=1S/C14H13NO3S/c1-10-8-12(15(16)17)6-7-14(10)11-4-3-5-13(9-11)19-18-2/h3-9H,1-2H3. The van der Waals surface area contributed by atoms with Gasteiger partial charge in [0.25, 0.3) is 5.69 Å². The van der Waals surface area contributed by atoms with Gasteiger partial charge < -0.3 is 4.18 Å². The first-order valence-corrected chi connectivity index (χ1v) is 6.42. The van der Waals surface area contributed by atoms with Crippen molar-refractivity contribution >= 4 is 17.7 Å². The van der Waals surface area contributed by atoms with E-state index in [0.717, 1.165) is 21.6 Å². The first kappa shape index (κ1) is 13.6. The molecule has 0 bridgehead atoms. The van der Waals surface area contributed by atoms with Crippen molar-refractivity contribution in [1.29, 1.82) is 0 Å². The molecule has 0 aromatic heterocycles. The van der Waals surface area contributed by atoms with Crippen LogP contribution < -0.4 is 0 Å². The maximum Gasteiger partial charge on any atom is 0.269 e. The second-order valence-corrected chi connectivity index (χ2v) is 5.01. The highest BCUT2D eigenvalue weighted by Gasteiger charge is 2.09. The van der Waals surface area contributed by atoms with Crippen molar-refractivity contribution in [3.8, 4) is 11.1 Å². The molecule has 0 aliphatic heterocycles. The monoisotopic (exact) mass is 275 g/mol. The van der Waals surface area contributed by atoms with Gasteiger partial charge in [0.1, 0.15) is 0 Å². The number of benzene rings is 2. The van der Waals surface area contributed by atoms with Crippen LogP contribution in [0.5, 0.6) is 0 Å². The molecule has 19 heavy (non-hydrogen) atoms. The number of nitrogens with zero attached hydrogens (tertiary/aromatic N) is 1. The molecule has 0 N–H and O–H groups in total. The Bertz CT molecular complexity index is 613. The predicted molar refractivity (Wildman–Crippen MR) is 76.1 cm³/mol. The first-order valence-electron chi connectivity index (χ1n) is 5.68. The highest BCUT2D eigenvalue weighted by atomic mass is 32.2. The van der Waals surface area contributed by atoms with Gasteiger partial charge in [-0.25, -0.2) is 0 Å². The number of hydrogen-bond donors (Lipinski definition) is 0. The average Bonchev–Trinajstić information content (AvgIpc) is 2.39. The summed E-state index contributed by atoms with van der Waals surface area (Å²) in [5.41, 5.74) is 3.01. The Labute approximate surface area is 115 Å². The molecule has 5 heteroatoms. The van der Waals surface area contributed by atoms with E-state index < -0.39 is 0 Å². The fourth-order valence-electron chi connectivity index (χ4n) is 1.90. The fourth-order valence-corrected chi connectivity index (χ4v) is 2.40. The van der Waals surface area contributed by atoms with Crippen LogP contribution in [-0.2, 0) is 4.18 Å². The summed E-state index contributed by atoms with van der Waals surface area (Å²) in [5, 5.41) is 10.7. The van der Waals surface area contributed by atoms with E-state index in [0.29, 0.717) is 0 Å². The average molecular weight is 275 g/mol. The second kappa shape index (κ2) is 5.86. The van der Waals surface area contributed by atoms with Gasteiger partial charge in [0.05, 0.1) is 12.0 Å². The zero-order chi connectivity index (χ0) is 13.8. The Kier molecular flexibility index (Phi) is 4.19. The van der Waals surface area contributed by atoms with Crippen molar-refractivity contribution < 1.29 is 9.11 Å². The van der Waals surface area contributed by atoms with Crippen molar-refractivity contribution in [2.24, 2.45) is 0 Å². The molecule has 0 fully saturated rings. The molecule has 2 aromatic rings. The quantitative estimate of drug-likeness (QED) is 0.476. The fraction of sp³-hybridized carbons (Fsp3) is 0.143. The number of hydrogen-bond acceptors (Lipinski definition) is 4. The maximum atomic E-state index is 10.7. The van der Waals surface area contributed by atoms with Gasteiger partial charge in [-0.1, -0.05) is 12.1 Å². The lowest BCUT2D eigenvalue weighted by Crippen LogP contribution is -1.90. The number of rotatable bonds is 4. The largest absolute Gasteiger partial charge is 0.314 e. The molecule has 2 aromatic carbocycles. The molecule has 0 amide bonds. The molecular formula is C14H13NO3S. The lowest BCUT2D eigenvalue weighted by Gasteiger charge is -2.07. The van der Waals surface area contributed by atoms with Gasteiger partial charge in [0.15, 0.2) is 0 Å². The third-order valence-electron chi connectivity index (χ3n) is 2.75. The van der Waals surface area contributed by atoms with Gasteiger partial charge in [-0.05, 0) is 41.8 Å². The molecule has 0 aliphatic rings. The summed E-state index contributed by atoms with van der Waals surface area (Å²) >= 11 is 1.29. The van der Waals surface area contributed by atoms with Gasteiger partial charge in [0.2, 0.25) is 0 Å². The molecule has 98 valence electrons. The van der Waals surface area contributed by atoms with Gasteiger partial charge >= 0.3 is 0 Å². The number of non-ortho nitro benzene ring substituents is 1. The van der Waals surface area contributed by atoms with E-state index in [9.17, 15) is 10.1 Å². The van der Waals surface area contributed by atoms with Crippen LogP contribution in [0.25, 0.3) is 11.1 Å². The van der Waals surface area contributed by atoms with E-state index in [-0.39, 0.29) is 10.6 Å². The van der Waals surface area contributed by atoms with Crippen molar-refractivity contribution in [3.63, 3.8) is 0 Å². The van der Waals surface area contributed by atoms with Crippen LogP contribution >= 0.6 is 12.0 Å². The van der Waals surface area contributed by atoms with Crippen LogP contribution in [0.2, 0.25) is 0 Å². The number of nitro groups is 1. The first-order chi connectivity index (χ1) is 9.11. The van der Waals surface area contributed by atoms with Gasteiger partial charge in [-0.15, -0.1) is 0 Å². The Morgan fingerprint density at radius 2 is 2.00 bits per heavy atom. The molecule has 0 saturated heterocycles. The third kappa shape index (κ3) is 3.13. The molecule has 0 heterocycles. The summed E-state index contributed by atoms with van der Waals surface area (Å²) in [6.07, 6.45) is 0. The summed E-state index contributed by atoms with van der Waals surface area (Å²) in [7, 11) is 1.62. The van der Waals surface area contributed by atoms with Crippen LogP contribution in [0.15, 0.2) is 47.4 Å². The summed E-state index contributed by atoms with van der Waals surface area (Å²) in [4.78, 5) is 11.3. The Morgan fingerprint density at radius 1 is 1.21 bits per heavy atom. The molecule has 2 rings (SSSR count). The molecule has 4 nitrogen and oxygen atoms in total. The molecule has 0 spiro atoms. The van der Waals surface area contributed by atoms with E-state index in [1.54, 1.807) is 19.2 Å². The second-order valence-electron chi connectivity index (χ2n) is 4.03. The van der Waals surface area contributed by atoms with Crippen molar-refractivity contribution in [1.82, 2.24) is 0 Å². The predicted octanol–water partition coefficient (Wildman–Crippen LogP) is 4.22. The highest BCUT2D eigenvalue weighted by molar-refractivity contribution is 7.94. The van der Waals surface area contributed by atoms with Crippen molar-refractivity contribution in [3.05, 3.63) is 58.1 Å². The normalized spacial score (nSPS) is 10.4. The van der Waals surface area contributed by atoms with Gasteiger partial charge in [0, 0.05) is 29.1 Å². The molecule has 0 unspecified atom stereocenters. The maximum absolute atomic E-state index is 10.7. The molecule has 0 aliphatic carbocycles. The smallest absolute Gasteiger partial charge is 0.269 e. The third-order valence-corrected chi connectivity index (χ3v) is 3.36. The summed E-state index contributed by atoms with van der Waals surface area (Å²) in [5.74, 6) is 0. The van der Waals surface area contributed by atoms with E-state index >= 15 is 0 Å². The Balaban J connectivity index is 2.41. The molecule has 0 saturated carbocycles. The summed E-state index contributed by atoms with van der Waals surface area (Å²) in [6.45, 7) is 1.87. The molecule has 0 radical (unpaired) electrons. The van der Waals surface area contributed by atoms with E-state index in [2.05, 4.69) is 0 Å². The van der Waals surface area contributed by atoms with Crippen LogP contribution in [0.4, 0.5) is 5.69 Å². The molecular weight excluding hydrogens is 262 g/mol. The lowest BCUT2D eigenvalue weighted by molar-refractivity contribution is -0.384. The Morgan fingerprint density at radius 3 is 2.63 bits per heavy atom. The summed E-state index contributed by atoms with van der Waals surface area (Å²) in [6, 6.07) is 12.8. The van der Waals surface area contributed by atoms with Crippen LogP contribution in [0.1, 0.15) is 5.56 Å². The van der Waals surface area contributed by atoms with Crippen molar-refractivity contribution in [2.75, 3.05) is 7.11 Å². The zero-order valence-corrected chi connectivity index (χ0v) is 11.4. The van der Waals surface area contributed by atoms with Gasteiger partial charge in [-0.2, -0.15) is 0 Å². The topological polar surface area (TPSA) is 52.4 Å². The minimum Gasteiger partial charge on any atom is -0.314 e. The van der Waals surface area contributed by atoms with Crippen LogP contribution in [0, 0.1) is 17.0 Å². The van der Waals surface area contributed by atoms with E-state index in [1.165, 1.54) is 18.1 Å². The Hall–Kier alpha value is -1.85. The minimum atomic E-state index is -0.381. The number of nitro benzene ring substituents is 1.